The van der Waals surface area contributed by atoms with E-state index in [0.29, 0.717) is 27.9 Å². The van der Waals surface area contributed by atoms with E-state index >= 15 is 0 Å². The molecule has 1 N–H and O–H groups in total. The van der Waals surface area contributed by atoms with Crippen LogP contribution in [0.1, 0.15) is 23.0 Å². The highest BCUT2D eigenvalue weighted by atomic mass is 35.5. The van der Waals surface area contributed by atoms with Gasteiger partial charge in [-0.25, -0.2) is 0 Å². The molecule has 0 bridgehead atoms. The molecule has 3 rings (SSSR count). The number of halogens is 1. The van der Waals surface area contributed by atoms with Gasteiger partial charge in [0.05, 0.1) is 11.4 Å². The lowest BCUT2D eigenvalue weighted by atomic mass is 10.1. The van der Waals surface area contributed by atoms with Crippen molar-refractivity contribution in [2.45, 2.75) is 13.8 Å². The zero-order chi connectivity index (χ0) is 19.0. The molecule has 0 fully saturated rings. The van der Waals surface area contributed by atoms with Gasteiger partial charge in [0.1, 0.15) is 11.4 Å². The summed E-state index contributed by atoms with van der Waals surface area (Å²) >= 11 is 5.92. The summed E-state index contributed by atoms with van der Waals surface area (Å²) in [5.41, 5.74) is 2.05. The van der Waals surface area contributed by atoms with Gasteiger partial charge in [-0.05, 0) is 31.5 Å². The van der Waals surface area contributed by atoms with Gasteiger partial charge in [0.15, 0.2) is 5.65 Å². The highest BCUT2D eigenvalue weighted by molar-refractivity contribution is 6.30. The van der Waals surface area contributed by atoms with E-state index in [-0.39, 0.29) is 11.1 Å². The normalized spacial score (nSPS) is 11.8. The highest BCUT2D eigenvalue weighted by Gasteiger charge is 2.20. The van der Waals surface area contributed by atoms with Crippen LogP contribution < -0.4 is 5.56 Å². The number of aliphatic imine (C=N–C) groups is 1. The number of amidine groups is 1. The molecule has 0 aliphatic heterocycles. The number of carbonyl (C=O) groups excluding carboxylic acids is 1. The van der Waals surface area contributed by atoms with Crippen LogP contribution in [0.2, 0.25) is 5.02 Å². The minimum Gasteiger partial charge on any atom is -0.366 e. The number of amides is 1. The smallest absolute Gasteiger partial charge is 0.284 e. The summed E-state index contributed by atoms with van der Waals surface area (Å²) in [6.07, 6.45) is 0. The van der Waals surface area contributed by atoms with Crippen molar-refractivity contribution in [3.05, 3.63) is 57.0 Å². The number of aromatic nitrogens is 3. The topological polar surface area (TPSA) is 82.8 Å². The van der Waals surface area contributed by atoms with Gasteiger partial charge in [0.25, 0.3) is 11.5 Å². The molecule has 26 heavy (non-hydrogen) atoms. The fraction of sp³-hybridized carbons (Fsp3) is 0.222. The molecule has 0 saturated heterocycles. The minimum atomic E-state index is -0.451. The Bertz CT molecular complexity index is 1080. The molecule has 3 aromatic rings. The molecule has 0 saturated carbocycles. The van der Waals surface area contributed by atoms with Crippen LogP contribution in [-0.4, -0.2) is 45.3 Å². The molecule has 2 heterocycles. The van der Waals surface area contributed by atoms with Gasteiger partial charge in [-0.15, -0.1) is 0 Å². The van der Waals surface area contributed by atoms with Gasteiger partial charge in [0, 0.05) is 25.2 Å². The third-order valence-electron chi connectivity index (χ3n) is 4.07. The number of carbonyl (C=O) groups is 1. The molecule has 7 nitrogen and oxygen atoms in total. The predicted molar refractivity (Wildman–Crippen MR) is 102 cm³/mol. The third-order valence-corrected chi connectivity index (χ3v) is 4.32. The molecule has 1 aromatic carbocycles. The highest BCUT2D eigenvalue weighted by Crippen LogP contribution is 2.21. The second-order valence-corrected chi connectivity index (χ2v) is 6.54. The van der Waals surface area contributed by atoms with Crippen LogP contribution in [0, 0.1) is 6.92 Å². The Labute approximate surface area is 154 Å². The number of benzene rings is 1. The summed E-state index contributed by atoms with van der Waals surface area (Å²) in [5, 5.41) is 4.78. The molecule has 2 aromatic heterocycles. The Morgan fingerprint density at radius 1 is 1.27 bits per heavy atom. The summed E-state index contributed by atoms with van der Waals surface area (Å²) in [6.45, 7) is 3.41. The molecular weight excluding hydrogens is 354 g/mol. The van der Waals surface area contributed by atoms with Crippen LogP contribution >= 0.6 is 11.6 Å². The number of aromatic amines is 1. The second kappa shape index (κ2) is 6.76. The SMILES string of the molecule is C/C(=N\C(=O)c1c(C)nn2c(=O)cc(-c3ccc(Cl)cc3)[nH]c12)N(C)C. The van der Waals surface area contributed by atoms with Crippen molar-refractivity contribution in [1.82, 2.24) is 19.5 Å². The first-order valence-corrected chi connectivity index (χ1v) is 8.31. The van der Waals surface area contributed by atoms with Gasteiger partial charge in [-0.2, -0.15) is 14.6 Å². The third kappa shape index (κ3) is 3.25. The number of rotatable bonds is 2. The fourth-order valence-corrected chi connectivity index (χ4v) is 2.62. The van der Waals surface area contributed by atoms with Crippen molar-refractivity contribution >= 4 is 29.0 Å². The van der Waals surface area contributed by atoms with E-state index in [2.05, 4.69) is 15.1 Å². The van der Waals surface area contributed by atoms with Crippen LogP contribution in [0.5, 0.6) is 0 Å². The Morgan fingerprint density at radius 3 is 2.54 bits per heavy atom. The lowest BCUT2D eigenvalue weighted by Gasteiger charge is -2.10. The number of hydrogen-bond acceptors (Lipinski definition) is 3. The van der Waals surface area contributed by atoms with Crippen LogP contribution in [0.3, 0.4) is 0 Å². The van der Waals surface area contributed by atoms with E-state index in [0.717, 1.165) is 5.56 Å². The van der Waals surface area contributed by atoms with E-state index in [4.69, 9.17) is 11.6 Å². The number of H-pyrrole nitrogens is 1. The van der Waals surface area contributed by atoms with Gasteiger partial charge >= 0.3 is 0 Å². The standard InChI is InChI=1S/C18H18ClN5O2/c1-10-16(18(26)20-11(2)23(3)4)17-21-14(9-15(25)24(17)22-10)12-5-7-13(19)8-6-12/h5-9,21H,1-4H3/b20-11+. The summed E-state index contributed by atoms with van der Waals surface area (Å²) < 4.78 is 1.18. The number of nitrogens with one attached hydrogen (secondary N) is 1. The van der Waals surface area contributed by atoms with Crippen LogP contribution in [0.15, 0.2) is 40.1 Å². The van der Waals surface area contributed by atoms with Gasteiger partial charge in [-0.3, -0.25) is 9.59 Å². The first-order chi connectivity index (χ1) is 12.3. The van der Waals surface area contributed by atoms with E-state index in [9.17, 15) is 9.59 Å². The Morgan fingerprint density at radius 2 is 1.92 bits per heavy atom. The Balaban J connectivity index is 2.20. The lowest BCUT2D eigenvalue weighted by molar-refractivity contribution is 0.100. The molecule has 0 aliphatic rings. The van der Waals surface area contributed by atoms with Crippen molar-refractivity contribution in [1.29, 1.82) is 0 Å². The zero-order valence-electron chi connectivity index (χ0n) is 14.9. The predicted octanol–water partition coefficient (Wildman–Crippen LogP) is 2.77. The summed E-state index contributed by atoms with van der Waals surface area (Å²) in [5.74, 6) is 0.109. The first-order valence-electron chi connectivity index (χ1n) is 7.93. The molecule has 1 amide bonds. The van der Waals surface area contributed by atoms with Gasteiger partial charge < -0.3 is 9.88 Å². The summed E-state index contributed by atoms with van der Waals surface area (Å²) in [7, 11) is 3.60. The lowest BCUT2D eigenvalue weighted by Crippen LogP contribution is -2.20. The molecule has 0 radical (unpaired) electrons. The molecular formula is C18H18ClN5O2. The molecule has 0 atom stereocenters. The summed E-state index contributed by atoms with van der Waals surface area (Å²) in [4.78, 5) is 34.1. The molecule has 0 unspecified atom stereocenters. The van der Waals surface area contributed by atoms with Crippen molar-refractivity contribution in [2.75, 3.05) is 14.1 Å². The monoisotopic (exact) mass is 371 g/mol. The Kier molecular flexibility index (Phi) is 4.65. The molecule has 134 valence electrons. The first kappa shape index (κ1) is 17.9. The largest absolute Gasteiger partial charge is 0.366 e. The van der Waals surface area contributed by atoms with E-state index in [1.807, 2.05) is 0 Å². The maximum atomic E-state index is 12.7. The van der Waals surface area contributed by atoms with Gasteiger partial charge in [0.2, 0.25) is 0 Å². The van der Waals surface area contributed by atoms with Crippen molar-refractivity contribution in [2.24, 2.45) is 4.99 Å². The number of aryl methyl sites for hydroxylation is 1. The van der Waals surface area contributed by atoms with E-state index < -0.39 is 5.91 Å². The average Bonchev–Trinajstić information content (AvgIpc) is 2.92. The van der Waals surface area contributed by atoms with Gasteiger partial charge in [-0.1, -0.05) is 23.7 Å². The number of hydrogen-bond donors (Lipinski definition) is 1. The van der Waals surface area contributed by atoms with E-state index in [1.165, 1.54) is 10.6 Å². The number of fused-ring (bicyclic) bond motifs is 1. The zero-order valence-corrected chi connectivity index (χ0v) is 15.6. The summed E-state index contributed by atoms with van der Waals surface area (Å²) in [6, 6.07) is 8.49. The number of nitrogens with zero attached hydrogens (tertiary/aromatic N) is 4. The second-order valence-electron chi connectivity index (χ2n) is 6.11. The van der Waals surface area contributed by atoms with Crippen molar-refractivity contribution < 1.29 is 4.79 Å². The minimum absolute atomic E-state index is 0.277. The van der Waals surface area contributed by atoms with Crippen LogP contribution in [0.4, 0.5) is 0 Å². The molecule has 8 heteroatoms. The van der Waals surface area contributed by atoms with Crippen molar-refractivity contribution in [3.8, 4) is 11.3 Å². The van der Waals surface area contributed by atoms with E-state index in [1.54, 1.807) is 57.1 Å². The average molecular weight is 372 g/mol. The van der Waals surface area contributed by atoms with Crippen LogP contribution in [0.25, 0.3) is 16.9 Å². The maximum absolute atomic E-state index is 12.7. The molecule has 0 aliphatic carbocycles. The fourth-order valence-electron chi connectivity index (χ4n) is 2.49. The maximum Gasteiger partial charge on any atom is 0.284 e. The van der Waals surface area contributed by atoms with Crippen LogP contribution in [-0.2, 0) is 0 Å². The molecule has 0 spiro atoms. The quantitative estimate of drug-likeness (QED) is 0.554. The Hall–Kier alpha value is -2.93. The van der Waals surface area contributed by atoms with Crippen molar-refractivity contribution in [3.63, 3.8) is 0 Å².